The van der Waals surface area contributed by atoms with Gasteiger partial charge in [-0.1, -0.05) is 0 Å². The van der Waals surface area contributed by atoms with E-state index in [9.17, 15) is 8.42 Å². The quantitative estimate of drug-likeness (QED) is 0.732. The molecule has 0 spiro atoms. The lowest BCUT2D eigenvalue weighted by atomic mass is 10.5. The van der Waals surface area contributed by atoms with Crippen molar-refractivity contribution in [3.63, 3.8) is 0 Å². The molecule has 2 aromatic heterocycles. The van der Waals surface area contributed by atoms with Crippen LogP contribution in [0.3, 0.4) is 0 Å². The lowest BCUT2D eigenvalue weighted by Crippen LogP contribution is -2.10. The van der Waals surface area contributed by atoms with Crippen LogP contribution in [0.2, 0.25) is 0 Å². The van der Waals surface area contributed by atoms with Gasteiger partial charge >= 0.3 is 10.1 Å². The van der Waals surface area contributed by atoms with E-state index >= 15 is 0 Å². The predicted octanol–water partition coefficient (Wildman–Crippen LogP) is 0.583. The zero-order chi connectivity index (χ0) is 11.6. The van der Waals surface area contributed by atoms with Crippen molar-refractivity contribution >= 4 is 10.1 Å². The van der Waals surface area contributed by atoms with Crippen LogP contribution in [-0.2, 0) is 17.2 Å². The highest BCUT2D eigenvalue weighted by Crippen LogP contribution is 2.15. The Kier molecular flexibility index (Phi) is 2.61. The van der Waals surface area contributed by atoms with Gasteiger partial charge in [-0.05, 0) is 12.1 Å². The summed E-state index contributed by atoms with van der Waals surface area (Å²) in [7, 11) is -2.19. The van der Waals surface area contributed by atoms with E-state index in [2.05, 4.69) is 9.97 Å². The molecule has 0 aliphatic rings. The predicted molar refractivity (Wildman–Crippen MR) is 55.3 cm³/mol. The van der Waals surface area contributed by atoms with Crippen LogP contribution < -0.4 is 4.18 Å². The second-order valence-corrected chi connectivity index (χ2v) is 4.60. The normalized spacial score (nSPS) is 11.3. The zero-order valence-electron chi connectivity index (χ0n) is 8.44. The number of rotatable bonds is 3. The van der Waals surface area contributed by atoms with Gasteiger partial charge in [0.25, 0.3) is 0 Å². The molecule has 0 saturated carbocycles. The molecule has 0 aliphatic heterocycles. The molecule has 84 valence electrons. The van der Waals surface area contributed by atoms with Gasteiger partial charge in [0.15, 0.2) is 5.75 Å². The van der Waals surface area contributed by atoms with E-state index in [1.807, 2.05) is 0 Å². The number of hydrogen-bond donors (Lipinski definition) is 0. The van der Waals surface area contributed by atoms with Gasteiger partial charge in [0.05, 0.1) is 12.5 Å². The average molecular weight is 239 g/mol. The fourth-order valence-electron chi connectivity index (χ4n) is 1.08. The number of imidazole rings is 1. The van der Waals surface area contributed by atoms with Crippen molar-refractivity contribution in [2.45, 2.75) is 5.03 Å². The molecule has 0 aliphatic carbocycles. The lowest BCUT2D eigenvalue weighted by Gasteiger charge is -2.02. The highest BCUT2D eigenvalue weighted by atomic mass is 32.2. The van der Waals surface area contributed by atoms with Crippen LogP contribution in [0.5, 0.6) is 5.75 Å². The summed E-state index contributed by atoms with van der Waals surface area (Å²) >= 11 is 0. The molecule has 7 heteroatoms. The maximum Gasteiger partial charge on any atom is 0.358 e. The van der Waals surface area contributed by atoms with E-state index in [-0.39, 0.29) is 10.8 Å². The van der Waals surface area contributed by atoms with Gasteiger partial charge in [-0.15, -0.1) is 0 Å². The third-order valence-corrected chi connectivity index (χ3v) is 2.91. The number of aromatic nitrogens is 3. The Hall–Kier alpha value is -1.89. The van der Waals surface area contributed by atoms with Crippen LogP contribution >= 0.6 is 0 Å². The van der Waals surface area contributed by atoms with E-state index < -0.39 is 10.1 Å². The molecule has 0 atom stereocenters. The maximum absolute atomic E-state index is 11.7. The Morgan fingerprint density at radius 1 is 1.44 bits per heavy atom. The van der Waals surface area contributed by atoms with Gasteiger partial charge in [0.2, 0.25) is 5.03 Å². The minimum Gasteiger partial charge on any atom is -0.376 e. The van der Waals surface area contributed by atoms with E-state index in [4.69, 9.17) is 4.18 Å². The van der Waals surface area contributed by atoms with Crippen molar-refractivity contribution in [3.05, 3.63) is 37.1 Å². The SMILES string of the molecule is Cn1cnc(S(=O)(=O)Oc2cccnc2)c1. The first kappa shape index (κ1) is 10.6. The monoisotopic (exact) mass is 239 g/mol. The molecule has 0 fully saturated rings. The topological polar surface area (TPSA) is 74.1 Å². The summed E-state index contributed by atoms with van der Waals surface area (Å²) in [6.07, 6.45) is 5.60. The first-order valence-corrected chi connectivity index (χ1v) is 5.81. The summed E-state index contributed by atoms with van der Waals surface area (Å²) in [4.78, 5) is 7.47. The molecule has 2 rings (SSSR count). The van der Waals surface area contributed by atoms with Crippen molar-refractivity contribution in [2.75, 3.05) is 0 Å². The molecular formula is C9H9N3O3S. The Morgan fingerprint density at radius 2 is 2.25 bits per heavy atom. The maximum atomic E-state index is 11.7. The molecule has 0 aromatic carbocycles. The Labute approximate surface area is 92.7 Å². The fourth-order valence-corrected chi connectivity index (χ4v) is 1.99. The van der Waals surface area contributed by atoms with Crippen molar-refractivity contribution in [1.29, 1.82) is 0 Å². The van der Waals surface area contributed by atoms with E-state index in [0.29, 0.717) is 0 Å². The molecule has 0 bridgehead atoms. The minimum atomic E-state index is -3.86. The van der Waals surface area contributed by atoms with Gasteiger partial charge in [-0.3, -0.25) is 4.98 Å². The van der Waals surface area contributed by atoms with Gasteiger partial charge in [-0.25, -0.2) is 4.98 Å². The van der Waals surface area contributed by atoms with E-state index in [1.165, 1.54) is 35.6 Å². The molecule has 2 heterocycles. The zero-order valence-corrected chi connectivity index (χ0v) is 9.26. The van der Waals surface area contributed by atoms with Crippen molar-refractivity contribution in [2.24, 2.45) is 7.05 Å². The summed E-state index contributed by atoms with van der Waals surface area (Å²) in [6.45, 7) is 0. The van der Waals surface area contributed by atoms with E-state index in [1.54, 1.807) is 13.1 Å². The molecule has 16 heavy (non-hydrogen) atoms. The van der Waals surface area contributed by atoms with Crippen LogP contribution in [0.15, 0.2) is 42.1 Å². The molecule has 0 unspecified atom stereocenters. The number of aryl methyl sites for hydroxylation is 1. The molecular weight excluding hydrogens is 230 g/mol. The largest absolute Gasteiger partial charge is 0.376 e. The minimum absolute atomic E-state index is 0.126. The number of pyridine rings is 1. The second kappa shape index (κ2) is 3.93. The van der Waals surface area contributed by atoms with Crippen LogP contribution in [0.1, 0.15) is 0 Å². The third kappa shape index (κ3) is 2.19. The Balaban J connectivity index is 2.28. The smallest absolute Gasteiger partial charge is 0.358 e. The van der Waals surface area contributed by atoms with Gasteiger partial charge in [0, 0.05) is 19.4 Å². The molecule has 2 aromatic rings. The van der Waals surface area contributed by atoms with Crippen LogP contribution in [0.4, 0.5) is 0 Å². The average Bonchev–Trinajstić information content (AvgIpc) is 2.66. The van der Waals surface area contributed by atoms with Crippen LogP contribution in [-0.4, -0.2) is 23.0 Å². The summed E-state index contributed by atoms with van der Waals surface area (Å²) in [5.74, 6) is 0.160. The summed E-state index contributed by atoms with van der Waals surface area (Å²) in [6, 6.07) is 3.09. The van der Waals surface area contributed by atoms with E-state index in [0.717, 1.165) is 0 Å². The summed E-state index contributed by atoms with van der Waals surface area (Å²) in [5.41, 5.74) is 0. The standard InChI is InChI=1S/C9H9N3O3S/c1-12-6-9(11-7-12)16(13,14)15-8-3-2-4-10-5-8/h2-7H,1H3. The molecule has 6 nitrogen and oxygen atoms in total. The molecule has 0 amide bonds. The van der Waals surface area contributed by atoms with Crippen LogP contribution in [0.25, 0.3) is 0 Å². The second-order valence-electron chi connectivity index (χ2n) is 3.10. The molecule has 0 N–H and O–H groups in total. The lowest BCUT2D eigenvalue weighted by molar-refractivity contribution is 0.481. The van der Waals surface area contributed by atoms with Crippen molar-refractivity contribution < 1.29 is 12.6 Å². The van der Waals surface area contributed by atoms with Gasteiger partial charge < -0.3 is 8.75 Å². The summed E-state index contributed by atoms with van der Waals surface area (Å²) in [5, 5.41) is -0.126. The highest BCUT2D eigenvalue weighted by Gasteiger charge is 2.19. The Morgan fingerprint density at radius 3 is 2.81 bits per heavy atom. The first-order valence-electron chi connectivity index (χ1n) is 4.40. The Bertz CT molecular complexity index is 577. The third-order valence-electron chi connectivity index (χ3n) is 1.78. The first-order chi connectivity index (χ1) is 7.58. The van der Waals surface area contributed by atoms with Gasteiger partial charge in [0.1, 0.15) is 0 Å². The van der Waals surface area contributed by atoms with Gasteiger partial charge in [-0.2, -0.15) is 8.42 Å². The fraction of sp³-hybridized carbons (Fsp3) is 0.111. The van der Waals surface area contributed by atoms with Crippen molar-refractivity contribution in [3.8, 4) is 5.75 Å². The van der Waals surface area contributed by atoms with Crippen molar-refractivity contribution in [1.82, 2.24) is 14.5 Å². The molecule has 0 radical (unpaired) electrons. The number of hydrogen-bond acceptors (Lipinski definition) is 5. The number of nitrogens with zero attached hydrogens (tertiary/aromatic N) is 3. The van der Waals surface area contributed by atoms with Crippen LogP contribution in [0, 0.1) is 0 Å². The summed E-state index contributed by atoms with van der Waals surface area (Å²) < 4.78 is 29.7. The highest BCUT2D eigenvalue weighted by molar-refractivity contribution is 7.87. The molecule has 0 saturated heterocycles.